The van der Waals surface area contributed by atoms with Crippen molar-refractivity contribution in [1.82, 2.24) is 4.98 Å². The first-order valence-electron chi connectivity index (χ1n) is 6.44. The van der Waals surface area contributed by atoms with E-state index in [2.05, 4.69) is 71.9 Å². The minimum atomic E-state index is -0.226. The molecule has 0 radical (unpaired) electrons. The van der Waals surface area contributed by atoms with E-state index in [-0.39, 0.29) is 4.75 Å². The molecule has 0 fully saturated rings. The third-order valence-electron chi connectivity index (χ3n) is 3.40. The van der Waals surface area contributed by atoms with Gasteiger partial charge in [-0.25, -0.2) is 4.98 Å². The summed E-state index contributed by atoms with van der Waals surface area (Å²) in [7, 11) is 0. The molecule has 3 heteroatoms. The average Bonchev–Trinajstić information content (AvgIpc) is 3.06. The van der Waals surface area contributed by atoms with E-state index < -0.39 is 0 Å². The van der Waals surface area contributed by atoms with Gasteiger partial charge in [0.05, 0.1) is 0 Å². The zero-order valence-electron chi connectivity index (χ0n) is 11.2. The Hall–Kier alpha value is -1.58. The van der Waals surface area contributed by atoms with Gasteiger partial charge in [-0.15, -0.1) is 23.1 Å². The molecule has 0 unspecified atom stereocenters. The van der Waals surface area contributed by atoms with Gasteiger partial charge in [0.1, 0.15) is 9.75 Å². The molecular formula is C17H15NS2. The maximum Gasteiger partial charge on any atom is 0.118 e. The monoisotopic (exact) mass is 297 g/mol. The van der Waals surface area contributed by atoms with Crippen LogP contribution in [0.3, 0.4) is 0 Å². The molecule has 100 valence electrons. The van der Waals surface area contributed by atoms with Gasteiger partial charge in [0.15, 0.2) is 0 Å². The summed E-state index contributed by atoms with van der Waals surface area (Å²) in [6.07, 6.45) is 4.04. The second-order valence-corrected chi connectivity index (χ2v) is 6.37. The van der Waals surface area contributed by atoms with Crippen LogP contribution in [0.4, 0.5) is 0 Å². The molecule has 0 aliphatic heterocycles. The van der Waals surface area contributed by atoms with Crippen LogP contribution in [0.15, 0.2) is 72.2 Å². The number of benzene rings is 2. The van der Waals surface area contributed by atoms with Crippen LogP contribution in [-0.2, 0) is 4.75 Å². The van der Waals surface area contributed by atoms with Crippen LogP contribution in [0, 0.1) is 0 Å². The molecule has 1 nitrogen and oxygen atoms in total. The smallest absolute Gasteiger partial charge is 0.118 e. The van der Waals surface area contributed by atoms with Gasteiger partial charge in [-0.3, -0.25) is 0 Å². The Morgan fingerprint density at radius 3 is 1.85 bits per heavy atom. The van der Waals surface area contributed by atoms with Crippen LogP contribution in [0.1, 0.15) is 16.1 Å². The Labute approximate surface area is 127 Å². The zero-order valence-corrected chi connectivity index (χ0v) is 12.8. The quantitative estimate of drug-likeness (QED) is 0.686. The molecule has 2 aromatic carbocycles. The minimum Gasteiger partial charge on any atom is -0.247 e. The van der Waals surface area contributed by atoms with Crippen molar-refractivity contribution in [3.05, 3.63) is 88.4 Å². The maximum atomic E-state index is 4.61. The molecule has 1 heterocycles. The predicted molar refractivity (Wildman–Crippen MR) is 88.4 cm³/mol. The first-order chi connectivity index (χ1) is 9.88. The highest BCUT2D eigenvalue weighted by molar-refractivity contribution is 8.00. The van der Waals surface area contributed by atoms with E-state index in [1.54, 1.807) is 11.3 Å². The van der Waals surface area contributed by atoms with Crippen molar-refractivity contribution in [2.75, 3.05) is 6.26 Å². The van der Waals surface area contributed by atoms with E-state index in [9.17, 15) is 0 Å². The molecule has 0 spiro atoms. The topological polar surface area (TPSA) is 12.9 Å². The highest BCUT2D eigenvalue weighted by atomic mass is 32.2. The summed E-state index contributed by atoms with van der Waals surface area (Å²) in [5, 5.41) is 3.18. The molecule has 0 saturated heterocycles. The van der Waals surface area contributed by atoms with Crippen LogP contribution >= 0.6 is 23.1 Å². The number of hydrogen-bond acceptors (Lipinski definition) is 3. The Morgan fingerprint density at radius 1 is 0.900 bits per heavy atom. The SMILES string of the molecule is CSC(c1ccccc1)(c1ccccc1)c1nccs1. The van der Waals surface area contributed by atoms with E-state index in [0.717, 1.165) is 5.01 Å². The highest BCUT2D eigenvalue weighted by Gasteiger charge is 2.37. The highest BCUT2D eigenvalue weighted by Crippen LogP contribution is 2.47. The third-order valence-corrected chi connectivity index (χ3v) is 5.70. The lowest BCUT2D eigenvalue weighted by molar-refractivity contribution is 0.882. The summed E-state index contributed by atoms with van der Waals surface area (Å²) in [6.45, 7) is 0. The van der Waals surface area contributed by atoms with Crippen molar-refractivity contribution in [2.45, 2.75) is 4.75 Å². The first kappa shape index (κ1) is 13.4. The lowest BCUT2D eigenvalue weighted by Crippen LogP contribution is -2.24. The van der Waals surface area contributed by atoms with Crippen molar-refractivity contribution >= 4 is 23.1 Å². The van der Waals surface area contributed by atoms with Gasteiger partial charge in [-0.1, -0.05) is 60.7 Å². The van der Waals surface area contributed by atoms with E-state index in [4.69, 9.17) is 0 Å². The van der Waals surface area contributed by atoms with Crippen LogP contribution in [0.25, 0.3) is 0 Å². The molecule has 0 amide bonds. The summed E-state index contributed by atoms with van der Waals surface area (Å²) >= 11 is 3.54. The van der Waals surface area contributed by atoms with E-state index >= 15 is 0 Å². The minimum absolute atomic E-state index is 0.226. The van der Waals surface area contributed by atoms with Gasteiger partial charge in [-0.05, 0) is 17.4 Å². The number of hydrogen-bond donors (Lipinski definition) is 0. The van der Waals surface area contributed by atoms with Gasteiger partial charge in [0.25, 0.3) is 0 Å². The maximum absolute atomic E-state index is 4.61. The van der Waals surface area contributed by atoms with Crippen molar-refractivity contribution < 1.29 is 0 Å². The van der Waals surface area contributed by atoms with E-state index in [1.165, 1.54) is 11.1 Å². The number of nitrogens with zero attached hydrogens (tertiary/aromatic N) is 1. The van der Waals surface area contributed by atoms with Gasteiger partial charge < -0.3 is 0 Å². The van der Waals surface area contributed by atoms with Crippen molar-refractivity contribution in [3.8, 4) is 0 Å². The molecule has 3 aromatic rings. The van der Waals surface area contributed by atoms with E-state index in [0.29, 0.717) is 0 Å². The largest absolute Gasteiger partial charge is 0.247 e. The first-order valence-corrected chi connectivity index (χ1v) is 8.54. The number of aromatic nitrogens is 1. The molecule has 0 aliphatic rings. The molecule has 20 heavy (non-hydrogen) atoms. The second-order valence-electron chi connectivity index (χ2n) is 4.45. The van der Waals surface area contributed by atoms with Gasteiger partial charge >= 0.3 is 0 Å². The normalized spacial score (nSPS) is 11.4. The summed E-state index contributed by atoms with van der Waals surface area (Å²) < 4.78 is -0.226. The fraction of sp³-hybridized carbons (Fsp3) is 0.118. The number of thiazole rings is 1. The average molecular weight is 297 g/mol. The molecular weight excluding hydrogens is 282 g/mol. The van der Waals surface area contributed by atoms with Gasteiger partial charge in [0, 0.05) is 11.6 Å². The zero-order chi connectivity index (χ0) is 13.8. The van der Waals surface area contributed by atoms with Crippen molar-refractivity contribution in [2.24, 2.45) is 0 Å². The van der Waals surface area contributed by atoms with Gasteiger partial charge in [0.2, 0.25) is 0 Å². The fourth-order valence-electron chi connectivity index (χ4n) is 2.48. The van der Waals surface area contributed by atoms with Crippen molar-refractivity contribution in [3.63, 3.8) is 0 Å². The summed E-state index contributed by atoms with van der Waals surface area (Å²) in [5.74, 6) is 0. The number of thioether (sulfide) groups is 1. The molecule has 3 rings (SSSR count). The predicted octanol–water partition coefficient (Wildman–Crippen LogP) is 4.80. The third kappa shape index (κ3) is 2.17. The fourth-order valence-corrected chi connectivity index (χ4v) is 4.62. The lowest BCUT2D eigenvalue weighted by atomic mass is 9.90. The Morgan fingerprint density at radius 2 is 1.45 bits per heavy atom. The summed E-state index contributed by atoms with van der Waals surface area (Å²) in [4.78, 5) is 4.61. The van der Waals surface area contributed by atoms with Gasteiger partial charge in [-0.2, -0.15) is 0 Å². The molecule has 0 bridgehead atoms. The molecule has 0 aliphatic carbocycles. The summed E-state index contributed by atoms with van der Waals surface area (Å²) in [6, 6.07) is 21.2. The second kappa shape index (κ2) is 5.81. The van der Waals surface area contributed by atoms with Crippen LogP contribution < -0.4 is 0 Å². The molecule has 1 aromatic heterocycles. The number of rotatable bonds is 4. The standard InChI is InChI=1S/C17H15NS2/c1-19-17(16-18-12-13-20-16,14-8-4-2-5-9-14)15-10-6-3-7-11-15/h2-13H,1H3. The molecule has 0 atom stereocenters. The van der Waals surface area contributed by atoms with Crippen LogP contribution in [-0.4, -0.2) is 11.2 Å². The van der Waals surface area contributed by atoms with E-state index in [1.807, 2.05) is 23.3 Å². The Bertz CT molecular complexity index is 608. The molecule has 0 N–H and O–H groups in total. The van der Waals surface area contributed by atoms with Crippen molar-refractivity contribution in [1.29, 1.82) is 0 Å². The lowest BCUT2D eigenvalue weighted by Gasteiger charge is -2.31. The van der Waals surface area contributed by atoms with Crippen LogP contribution in [0.5, 0.6) is 0 Å². The Balaban J connectivity index is 2.27. The van der Waals surface area contributed by atoms with Crippen LogP contribution in [0.2, 0.25) is 0 Å². The molecule has 0 saturated carbocycles. The Kier molecular flexibility index (Phi) is 3.90. The summed E-state index contributed by atoms with van der Waals surface area (Å²) in [5.41, 5.74) is 2.54.